The fraction of sp³-hybridized carbons (Fsp3) is 0.364. The number of fused-ring (bicyclic) bond motifs is 1. The number of anilines is 3. The predicted octanol–water partition coefficient (Wildman–Crippen LogP) is 4.28. The standard InChI is InChI=1S/C22H29N5/c1-4-5-14-24-21-19-15-17(10-13-20(19)25-22(23)26-21)7-6-16-8-11-18(12-9-16)27(2)3/h8-13,15H,4-7,14H2,1-3H3,(H3,23,24,25,26). The third-order valence-corrected chi connectivity index (χ3v) is 4.76. The van der Waals surface area contributed by atoms with Crippen molar-refractivity contribution >= 4 is 28.4 Å². The summed E-state index contributed by atoms with van der Waals surface area (Å²) < 4.78 is 0. The molecule has 3 aromatic rings. The van der Waals surface area contributed by atoms with Gasteiger partial charge < -0.3 is 16.0 Å². The number of aryl methyl sites for hydroxylation is 2. The lowest BCUT2D eigenvalue weighted by molar-refractivity contribution is 0.832. The molecule has 2 aromatic carbocycles. The molecular weight excluding hydrogens is 334 g/mol. The number of benzene rings is 2. The molecule has 0 aliphatic rings. The number of nitrogens with zero attached hydrogens (tertiary/aromatic N) is 3. The summed E-state index contributed by atoms with van der Waals surface area (Å²) in [5.41, 5.74) is 10.6. The van der Waals surface area contributed by atoms with Gasteiger partial charge in [-0.1, -0.05) is 31.5 Å². The molecular formula is C22H29N5. The van der Waals surface area contributed by atoms with Crippen LogP contribution in [0.15, 0.2) is 42.5 Å². The highest BCUT2D eigenvalue weighted by Crippen LogP contribution is 2.24. The highest BCUT2D eigenvalue weighted by molar-refractivity contribution is 5.90. The van der Waals surface area contributed by atoms with E-state index in [1.54, 1.807) is 0 Å². The number of hydrogen-bond acceptors (Lipinski definition) is 5. The molecule has 5 heteroatoms. The zero-order valence-electron chi connectivity index (χ0n) is 16.5. The van der Waals surface area contributed by atoms with E-state index in [-0.39, 0.29) is 0 Å². The Morgan fingerprint density at radius 3 is 2.37 bits per heavy atom. The van der Waals surface area contributed by atoms with Crippen LogP contribution in [0.5, 0.6) is 0 Å². The van der Waals surface area contributed by atoms with E-state index in [1.807, 2.05) is 6.07 Å². The van der Waals surface area contributed by atoms with Gasteiger partial charge >= 0.3 is 0 Å². The van der Waals surface area contributed by atoms with Crippen molar-refractivity contribution in [1.82, 2.24) is 9.97 Å². The van der Waals surface area contributed by atoms with Gasteiger partial charge in [-0.3, -0.25) is 0 Å². The van der Waals surface area contributed by atoms with Gasteiger partial charge in [-0.15, -0.1) is 0 Å². The number of nitrogens with one attached hydrogen (secondary N) is 1. The molecule has 0 atom stereocenters. The Hall–Kier alpha value is -2.82. The lowest BCUT2D eigenvalue weighted by atomic mass is 10.0. The van der Waals surface area contributed by atoms with Crippen molar-refractivity contribution in [3.05, 3.63) is 53.6 Å². The van der Waals surface area contributed by atoms with Gasteiger partial charge in [0.1, 0.15) is 5.82 Å². The minimum Gasteiger partial charge on any atom is -0.378 e. The van der Waals surface area contributed by atoms with Gasteiger partial charge in [0.25, 0.3) is 0 Å². The molecule has 3 N–H and O–H groups in total. The Morgan fingerprint density at radius 2 is 1.67 bits per heavy atom. The first-order valence-corrected chi connectivity index (χ1v) is 9.63. The predicted molar refractivity (Wildman–Crippen MR) is 116 cm³/mol. The van der Waals surface area contributed by atoms with E-state index in [1.165, 1.54) is 16.8 Å². The van der Waals surface area contributed by atoms with Gasteiger partial charge in [0.15, 0.2) is 0 Å². The normalized spacial score (nSPS) is 10.9. The van der Waals surface area contributed by atoms with E-state index in [2.05, 4.69) is 77.6 Å². The van der Waals surface area contributed by atoms with Crippen molar-refractivity contribution in [3.8, 4) is 0 Å². The van der Waals surface area contributed by atoms with Gasteiger partial charge in [-0.05, 0) is 54.7 Å². The fourth-order valence-corrected chi connectivity index (χ4v) is 3.12. The molecule has 0 radical (unpaired) electrons. The number of nitrogen functional groups attached to an aromatic ring is 1. The third kappa shape index (κ3) is 4.88. The highest BCUT2D eigenvalue weighted by Gasteiger charge is 2.07. The molecule has 0 spiro atoms. The zero-order valence-corrected chi connectivity index (χ0v) is 16.5. The minimum atomic E-state index is 0.315. The van der Waals surface area contributed by atoms with Crippen LogP contribution >= 0.6 is 0 Å². The lowest BCUT2D eigenvalue weighted by Gasteiger charge is -2.13. The SMILES string of the molecule is CCCCNc1nc(N)nc2ccc(CCc3ccc(N(C)C)cc3)cc12. The maximum Gasteiger partial charge on any atom is 0.222 e. The van der Waals surface area contributed by atoms with Crippen LogP contribution in [-0.2, 0) is 12.8 Å². The van der Waals surface area contributed by atoms with E-state index in [4.69, 9.17) is 5.73 Å². The van der Waals surface area contributed by atoms with Gasteiger partial charge in [-0.25, -0.2) is 4.98 Å². The van der Waals surface area contributed by atoms with Crippen LogP contribution < -0.4 is 16.0 Å². The molecule has 1 heterocycles. The van der Waals surface area contributed by atoms with E-state index in [0.29, 0.717) is 5.95 Å². The zero-order chi connectivity index (χ0) is 19.2. The molecule has 0 bridgehead atoms. The Balaban J connectivity index is 1.76. The summed E-state index contributed by atoms with van der Waals surface area (Å²) in [6.45, 7) is 3.07. The molecule has 142 valence electrons. The summed E-state index contributed by atoms with van der Waals surface area (Å²) in [6, 6.07) is 15.1. The van der Waals surface area contributed by atoms with Crippen molar-refractivity contribution < 1.29 is 0 Å². The molecule has 5 nitrogen and oxygen atoms in total. The van der Waals surface area contributed by atoms with E-state index < -0.39 is 0 Å². The second-order valence-corrected chi connectivity index (χ2v) is 7.12. The molecule has 0 aliphatic heterocycles. The molecule has 3 rings (SSSR count). The van der Waals surface area contributed by atoms with E-state index >= 15 is 0 Å². The monoisotopic (exact) mass is 363 g/mol. The Morgan fingerprint density at radius 1 is 0.963 bits per heavy atom. The van der Waals surface area contributed by atoms with Crippen molar-refractivity contribution in [1.29, 1.82) is 0 Å². The molecule has 0 aliphatic carbocycles. The topological polar surface area (TPSA) is 67.1 Å². The quantitative estimate of drug-likeness (QED) is 0.585. The summed E-state index contributed by atoms with van der Waals surface area (Å²) in [5, 5.41) is 4.45. The van der Waals surface area contributed by atoms with Crippen LogP contribution in [0, 0.1) is 0 Å². The van der Waals surface area contributed by atoms with Crippen LogP contribution in [-0.4, -0.2) is 30.6 Å². The lowest BCUT2D eigenvalue weighted by Crippen LogP contribution is -2.08. The third-order valence-electron chi connectivity index (χ3n) is 4.76. The Labute approximate surface area is 161 Å². The fourth-order valence-electron chi connectivity index (χ4n) is 3.12. The molecule has 0 saturated heterocycles. The number of aromatic nitrogens is 2. The molecule has 1 aromatic heterocycles. The summed E-state index contributed by atoms with van der Waals surface area (Å²) in [7, 11) is 4.12. The van der Waals surface area contributed by atoms with Crippen molar-refractivity contribution in [3.63, 3.8) is 0 Å². The highest BCUT2D eigenvalue weighted by atomic mass is 15.1. The number of rotatable bonds is 8. The van der Waals surface area contributed by atoms with E-state index in [9.17, 15) is 0 Å². The molecule has 27 heavy (non-hydrogen) atoms. The first-order chi connectivity index (χ1) is 13.1. The Kier molecular flexibility index (Phi) is 6.12. The first-order valence-electron chi connectivity index (χ1n) is 9.63. The molecule has 0 amide bonds. The molecule has 0 unspecified atom stereocenters. The van der Waals surface area contributed by atoms with Gasteiger partial charge in [0, 0.05) is 31.7 Å². The first kappa shape index (κ1) is 19.0. The molecule has 0 fully saturated rings. The second-order valence-electron chi connectivity index (χ2n) is 7.12. The smallest absolute Gasteiger partial charge is 0.222 e. The van der Waals surface area contributed by atoms with Crippen LogP contribution in [0.2, 0.25) is 0 Å². The second kappa shape index (κ2) is 8.71. The molecule has 0 saturated carbocycles. The number of unbranched alkanes of at least 4 members (excludes halogenated alkanes) is 1. The van der Waals surface area contributed by atoms with Crippen LogP contribution in [0.4, 0.5) is 17.5 Å². The summed E-state index contributed by atoms with van der Waals surface area (Å²) in [5.74, 6) is 1.15. The minimum absolute atomic E-state index is 0.315. The Bertz CT molecular complexity index is 887. The summed E-state index contributed by atoms with van der Waals surface area (Å²) in [4.78, 5) is 10.9. The van der Waals surface area contributed by atoms with Crippen molar-refractivity contribution in [2.45, 2.75) is 32.6 Å². The average Bonchev–Trinajstić information content (AvgIpc) is 2.67. The summed E-state index contributed by atoms with van der Waals surface area (Å²) >= 11 is 0. The van der Waals surface area contributed by atoms with Gasteiger partial charge in [-0.2, -0.15) is 4.98 Å². The van der Waals surface area contributed by atoms with Gasteiger partial charge in [0.2, 0.25) is 5.95 Å². The van der Waals surface area contributed by atoms with E-state index in [0.717, 1.165) is 48.9 Å². The van der Waals surface area contributed by atoms with Crippen molar-refractivity contribution in [2.24, 2.45) is 0 Å². The van der Waals surface area contributed by atoms with Crippen molar-refractivity contribution in [2.75, 3.05) is 36.6 Å². The average molecular weight is 364 g/mol. The van der Waals surface area contributed by atoms with Crippen LogP contribution in [0.1, 0.15) is 30.9 Å². The maximum absolute atomic E-state index is 5.87. The van der Waals surface area contributed by atoms with Gasteiger partial charge in [0.05, 0.1) is 5.52 Å². The number of nitrogens with two attached hydrogens (primary N) is 1. The van der Waals surface area contributed by atoms with Crippen LogP contribution in [0.25, 0.3) is 10.9 Å². The van der Waals surface area contributed by atoms with Crippen LogP contribution in [0.3, 0.4) is 0 Å². The number of hydrogen-bond donors (Lipinski definition) is 2. The largest absolute Gasteiger partial charge is 0.378 e. The maximum atomic E-state index is 5.87. The summed E-state index contributed by atoms with van der Waals surface area (Å²) in [6.07, 6.45) is 4.24.